The third-order valence-corrected chi connectivity index (χ3v) is 4.62. The van der Waals surface area contributed by atoms with Gasteiger partial charge in [0.05, 0.1) is 12.0 Å². The van der Waals surface area contributed by atoms with E-state index in [1.54, 1.807) is 0 Å². The number of Topliss-reactive ketones (excluding diaryl/α,β-unsaturated/α-hetero) is 1. The normalized spacial score (nSPS) is 17.0. The fourth-order valence-corrected chi connectivity index (χ4v) is 3.24. The number of nitriles is 1. The van der Waals surface area contributed by atoms with Crippen LogP contribution in [0.15, 0.2) is 48.4 Å². The topological polar surface area (TPSA) is 70.7 Å². The van der Waals surface area contributed by atoms with Crippen LogP contribution in [0.5, 0.6) is 0 Å². The van der Waals surface area contributed by atoms with E-state index in [0.717, 1.165) is 29.9 Å². The maximum Gasteiger partial charge on any atom is 0.178 e. The molecule has 0 bridgehead atoms. The molecule has 0 saturated heterocycles. The predicted molar refractivity (Wildman–Crippen MR) is 96.9 cm³/mol. The molecular weight excluding hydrogens is 312 g/mol. The largest absolute Gasteiger partial charge is 0.360 e. The van der Waals surface area contributed by atoms with Crippen LogP contribution in [0.3, 0.4) is 0 Å². The number of aryl methyl sites for hydroxylation is 1. The van der Waals surface area contributed by atoms with Crippen molar-refractivity contribution in [1.82, 2.24) is 9.55 Å². The lowest BCUT2D eigenvalue weighted by Crippen LogP contribution is -2.25. The monoisotopic (exact) mass is 334 g/mol. The lowest BCUT2D eigenvalue weighted by atomic mass is 9.84. The van der Waals surface area contributed by atoms with Crippen LogP contribution in [0.4, 0.5) is 5.69 Å². The molecule has 1 N–H and O–H groups in total. The second kappa shape index (κ2) is 7.35. The molecule has 0 radical (unpaired) electrons. The second-order valence-electron chi connectivity index (χ2n) is 6.62. The number of ketones is 1. The molecular formula is C20H22N4O. The number of carbonyl (C=O) groups excluding carboxylic acids is 1. The summed E-state index contributed by atoms with van der Waals surface area (Å²) >= 11 is 0. The number of nitrogens with one attached hydrogen (secondary N) is 1. The van der Waals surface area contributed by atoms with Gasteiger partial charge in [-0.3, -0.25) is 4.79 Å². The molecule has 2 aromatic rings. The molecule has 3 rings (SSSR count). The third-order valence-electron chi connectivity index (χ3n) is 4.62. The fourth-order valence-electron chi connectivity index (χ4n) is 3.24. The first-order chi connectivity index (χ1) is 12.1. The smallest absolute Gasteiger partial charge is 0.178 e. The molecule has 1 aromatic heterocycles. The molecule has 0 amide bonds. The van der Waals surface area contributed by atoms with E-state index in [-0.39, 0.29) is 17.3 Å². The molecule has 128 valence electrons. The van der Waals surface area contributed by atoms with Gasteiger partial charge < -0.3 is 9.88 Å². The molecule has 0 spiro atoms. The summed E-state index contributed by atoms with van der Waals surface area (Å²) in [4.78, 5) is 17.3. The average Bonchev–Trinajstić information content (AvgIpc) is 3.06. The van der Waals surface area contributed by atoms with Crippen LogP contribution in [0.25, 0.3) is 0 Å². The lowest BCUT2D eigenvalue weighted by molar-refractivity contribution is -0.119. The van der Waals surface area contributed by atoms with Gasteiger partial charge in [-0.05, 0) is 45.2 Å². The van der Waals surface area contributed by atoms with Gasteiger partial charge in [-0.2, -0.15) is 5.26 Å². The number of hydrogen-bond donors (Lipinski definition) is 1. The number of para-hydroxylation sites is 1. The van der Waals surface area contributed by atoms with Gasteiger partial charge in [0.15, 0.2) is 5.78 Å². The van der Waals surface area contributed by atoms with Gasteiger partial charge in [0.2, 0.25) is 0 Å². The molecule has 0 saturated carbocycles. The summed E-state index contributed by atoms with van der Waals surface area (Å²) in [6.07, 6.45) is 5.56. The van der Waals surface area contributed by atoms with Crippen molar-refractivity contribution in [2.24, 2.45) is 5.92 Å². The van der Waals surface area contributed by atoms with Gasteiger partial charge in [0, 0.05) is 29.5 Å². The van der Waals surface area contributed by atoms with E-state index in [0.29, 0.717) is 12.5 Å². The zero-order chi connectivity index (χ0) is 17.8. The average molecular weight is 334 g/mol. The van der Waals surface area contributed by atoms with E-state index in [4.69, 9.17) is 0 Å². The highest BCUT2D eigenvalue weighted by molar-refractivity contribution is 6.01. The van der Waals surface area contributed by atoms with Crippen LogP contribution < -0.4 is 5.32 Å². The van der Waals surface area contributed by atoms with Crippen molar-refractivity contribution in [3.05, 3.63) is 59.8 Å². The number of allylic oxidation sites excluding steroid dienone is 1. The predicted octanol–water partition coefficient (Wildman–Crippen LogP) is 3.66. The number of anilines is 1. The molecule has 0 aliphatic heterocycles. The van der Waals surface area contributed by atoms with Crippen LogP contribution in [-0.2, 0) is 17.6 Å². The molecule has 25 heavy (non-hydrogen) atoms. The van der Waals surface area contributed by atoms with Gasteiger partial charge in [0.1, 0.15) is 11.6 Å². The highest BCUT2D eigenvalue weighted by atomic mass is 16.1. The van der Waals surface area contributed by atoms with E-state index in [9.17, 15) is 10.1 Å². The van der Waals surface area contributed by atoms with E-state index in [1.807, 2.05) is 36.7 Å². The molecule has 1 unspecified atom stereocenters. The Bertz CT molecular complexity index is 827. The molecule has 1 aromatic carbocycles. The van der Waals surface area contributed by atoms with Crippen LogP contribution in [0, 0.1) is 17.2 Å². The molecule has 5 nitrogen and oxygen atoms in total. The number of rotatable bonds is 5. The number of fused-ring (bicyclic) bond motifs is 1. The first kappa shape index (κ1) is 17.0. The number of benzene rings is 1. The summed E-state index contributed by atoms with van der Waals surface area (Å²) in [5, 5.41) is 12.4. The Labute approximate surface area is 148 Å². The van der Waals surface area contributed by atoms with Crippen molar-refractivity contribution in [2.75, 3.05) is 5.32 Å². The SMILES string of the molecule is CC(C)n1cnc2c1CC(C(=O)/C(C#N)=C/Nc1ccccc1)CC2. The Morgan fingerprint density at radius 1 is 1.40 bits per heavy atom. The van der Waals surface area contributed by atoms with E-state index in [1.165, 1.54) is 6.20 Å². The maximum atomic E-state index is 12.8. The summed E-state index contributed by atoms with van der Waals surface area (Å²) in [5.74, 6) is -0.252. The molecule has 1 aliphatic carbocycles. The Morgan fingerprint density at radius 3 is 2.84 bits per heavy atom. The highest BCUT2D eigenvalue weighted by Gasteiger charge is 2.30. The van der Waals surface area contributed by atoms with Crippen molar-refractivity contribution in [2.45, 2.75) is 39.2 Å². The Hall–Kier alpha value is -2.87. The second-order valence-corrected chi connectivity index (χ2v) is 6.62. The minimum atomic E-state index is -0.162. The van der Waals surface area contributed by atoms with Gasteiger partial charge in [-0.1, -0.05) is 18.2 Å². The van der Waals surface area contributed by atoms with Crippen LogP contribution in [0.1, 0.15) is 37.7 Å². The number of hydrogen-bond acceptors (Lipinski definition) is 4. The number of nitrogens with zero attached hydrogens (tertiary/aromatic N) is 3. The fraction of sp³-hybridized carbons (Fsp3) is 0.350. The highest BCUT2D eigenvalue weighted by Crippen LogP contribution is 2.28. The summed E-state index contributed by atoms with van der Waals surface area (Å²) in [6.45, 7) is 4.22. The first-order valence-electron chi connectivity index (χ1n) is 8.60. The maximum absolute atomic E-state index is 12.8. The van der Waals surface area contributed by atoms with E-state index < -0.39 is 0 Å². The Morgan fingerprint density at radius 2 is 2.16 bits per heavy atom. The summed E-state index contributed by atoms with van der Waals surface area (Å²) < 4.78 is 2.13. The van der Waals surface area contributed by atoms with Crippen molar-refractivity contribution in [3.8, 4) is 6.07 Å². The first-order valence-corrected chi connectivity index (χ1v) is 8.60. The quantitative estimate of drug-likeness (QED) is 0.669. The number of carbonyl (C=O) groups is 1. The summed E-state index contributed by atoms with van der Waals surface area (Å²) in [5.41, 5.74) is 3.25. The minimum absolute atomic E-state index is 0.0897. The zero-order valence-electron chi connectivity index (χ0n) is 14.6. The molecule has 1 atom stereocenters. The Kier molecular flexibility index (Phi) is 4.99. The molecule has 5 heteroatoms. The van der Waals surface area contributed by atoms with Crippen molar-refractivity contribution in [3.63, 3.8) is 0 Å². The van der Waals surface area contributed by atoms with Gasteiger partial charge in [-0.15, -0.1) is 0 Å². The lowest BCUT2D eigenvalue weighted by Gasteiger charge is -2.23. The van der Waals surface area contributed by atoms with Crippen LogP contribution in [0.2, 0.25) is 0 Å². The minimum Gasteiger partial charge on any atom is -0.360 e. The van der Waals surface area contributed by atoms with Gasteiger partial charge in [-0.25, -0.2) is 4.98 Å². The number of aromatic nitrogens is 2. The van der Waals surface area contributed by atoms with Crippen LogP contribution in [-0.4, -0.2) is 15.3 Å². The number of imidazole rings is 1. The van der Waals surface area contributed by atoms with Crippen LogP contribution >= 0.6 is 0 Å². The van der Waals surface area contributed by atoms with Crippen molar-refractivity contribution < 1.29 is 4.79 Å². The van der Waals surface area contributed by atoms with Crippen molar-refractivity contribution in [1.29, 1.82) is 5.26 Å². The zero-order valence-corrected chi connectivity index (χ0v) is 14.6. The third kappa shape index (κ3) is 3.63. The van der Waals surface area contributed by atoms with Gasteiger partial charge >= 0.3 is 0 Å². The molecule has 1 aliphatic rings. The van der Waals surface area contributed by atoms with E-state index in [2.05, 4.69) is 34.8 Å². The Balaban J connectivity index is 1.75. The summed E-state index contributed by atoms with van der Waals surface area (Å²) in [7, 11) is 0. The van der Waals surface area contributed by atoms with Gasteiger partial charge in [0.25, 0.3) is 0 Å². The van der Waals surface area contributed by atoms with Crippen molar-refractivity contribution >= 4 is 11.5 Å². The standard InChI is InChI=1S/C20H22N4O/c1-14(2)24-13-23-18-9-8-15(10-19(18)24)20(25)16(11-21)12-22-17-6-4-3-5-7-17/h3-7,12-15,22H,8-10H2,1-2H3/b16-12+. The molecule has 0 fully saturated rings. The molecule has 1 heterocycles. The summed E-state index contributed by atoms with van der Waals surface area (Å²) in [6, 6.07) is 11.9. The van der Waals surface area contributed by atoms with E-state index >= 15 is 0 Å².